The number of carbonyl (C=O) groups is 2. The molecule has 0 spiro atoms. The SMILES string of the molecule is C=C(C)C(=O)O.C=C(C)C(=O)O.CCCCCCCCCO. The summed E-state index contributed by atoms with van der Waals surface area (Å²) in [5.41, 5.74) is 0.352. The highest BCUT2D eigenvalue weighted by molar-refractivity contribution is 5.85. The number of carboxylic acid groups (broad SMARTS) is 2. The molecule has 0 aromatic heterocycles. The maximum atomic E-state index is 9.60. The van der Waals surface area contributed by atoms with Crippen LogP contribution in [0.3, 0.4) is 0 Å². The normalized spacial score (nSPS) is 8.73. The molecule has 0 aromatic carbocycles. The van der Waals surface area contributed by atoms with Crippen molar-refractivity contribution in [3.63, 3.8) is 0 Å². The molecule has 0 unspecified atom stereocenters. The maximum Gasteiger partial charge on any atom is 0.330 e. The number of hydrogen-bond donors (Lipinski definition) is 3. The van der Waals surface area contributed by atoms with Gasteiger partial charge in [0.15, 0.2) is 0 Å². The first-order valence-electron chi connectivity index (χ1n) is 7.59. The topological polar surface area (TPSA) is 94.8 Å². The van der Waals surface area contributed by atoms with Crippen molar-refractivity contribution in [1.29, 1.82) is 0 Å². The van der Waals surface area contributed by atoms with Gasteiger partial charge in [0.1, 0.15) is 0 Å². The number of rotatable bonds is 9. The van der Waals surface area contributed by atoms with Crippen LogP contribution in [-0.2, 0) is 9.59 Å². The van der Waals surface area contributed by atoms with Crippen molar-refractivity contribution in [2.45, 2.75) is 65.7 Å². The third kappa shape index (κ3) is 31.0. The summed E-state index contributed by atoms with van der Waals surface area (Å²) in [5.74, 6) is -1.87. The van der Waals surface area contributed by atoms with Gasteiger partial charge in [-0.1, -0.05) is 58.6 Å². The zero-order chi connectivity index (χ0) is 18.0. The number of carboxylic acids is 2. The Balaban J connectivity index is -0.000000261. The Bertz CT molecular complexity index is 265. The number of aliphatic carboxylic acids is 2. The first-order chi connectivity index (χ1) is 10.2. The predicted molar refractivity (Wildman–Crippen MR) is 90.0 cm³/mol. The number of aliphatic hydroxyl groups is 1. The van der Waals surface area contributed by atoms with Crippen LogP contribution in [0.15, 0.2) is 24.3 Å². The van der Waals surface area contributed by atoms with Crippen LogP contribution in [0.4, 0.5) is 0 Å². The molecule has 0 saturated heterocycles. The van der Waals surface area contributed by atoms with Crippen LogP contribution < -0.4 is 0 Å². The van der Waals surface area contributed by atoms with E-state index in [1.807, 2.05) is 0 Å². The molecule has 0 amide bonds. The molecule has 5 nitrogen and oxygen atoms in total. The number of hydrogen-bond acceptors (Lipinski definition) is 3. The Morgan fingerprint density at radius 1 is 0.773 bits per heavy atom. The minimum atomic E-state index is -0.935. The summed E-state index contributed by atoms with van der Waals surface area (Å²) in [7, 11) is 0. The molecule has 0 fully saturated rings. The summed E-state index contributed by atoms with van der Waals surface area (Å²) in [6, 6.07) is 0. The van der Waals surface area contributed by atoms with Crippen molar-refractivity contribution in [2.24, 2.45) is 0 Å². The molecule has 5 heteroatoms. The molecule has 0 aliphatic carbocycles. The fourth-order valence-electron chi connectivity index (χ4n) is 1.07. The largest absolute Gasteiger partial charge is 0.478 e. The molecule has 130 valence electrons. The lowest BCUT2D eigenvalue weighted by molar-refractivity contribution is -0.133. The van der Waals surface area contributed by atoms with E-state index in [0.29, 0.717) is 6.61 Å². The van der Waals surface area contributed by atoms with Crippen molar-refractivity contribution in [3.8, 4) is 0 Å². The van der Waals surface area contributed by atoms with E-state index >= 15 is 0 Å². The molecule has 0 radical (unpaired) electrons. The third-order valence-corrected chi connectivity index (χ3v) is 2.49. The molecule has 22 heavy (non-hydrogen) atoms. The fraction of sp³-hybridized carbons (Fsp3) is 0.647. The fourth-order valence-corrected chi connectivity index (χ4v) is 1.07. The molecule has 0 aromatic rings. The Morgan fingerprint density at radius 3 is 1.27 bits per heavy atom. The van der Waals surface area contributed by atoms with Crippen molar-refractivity contribution in [3.05, 3.63) is 24.3 Å². The van der Waals surface area contributed by atoms with Gasteiger partial charge in [-0.25, -0.2) is 9.59 Å². The molecule has 0 heterocycles. The second-order valence-corrected chi connectivity index (χ2v) is 5.02. The van der Waals surface area contributed by atoms with Gasteiger partial charge in [0.05, 0.1) is 0 Å². The zero-order valence-electron chi connectivity index (χ0n) is 14.2. The molecule has 0 aliphatic heterocycles. The molecule has 0 rings (SSSR count). The van der Waals surface area contributed by atoms with Crippen molar-refractivity contribution >= 4 is 11.9 Å². The van der Waals surface area contributed by atoms with Crippen molar-refractivity contribution in [1.82, 2.24) is 0 Å². The molecule has 3 N–H and O–H groups in total. The van der Waals surface area contributed by atoms with Gasteiger partial charge in [-0.05, 0) is 20.3 Å². The molecule has 0 saturated carbocycles. The predicted octanol–water partition coefficient (Wildman–Crippen LogP) is 4.02. The van der Waals surface area contributed by atoms with E-state index in [2.05, 4.69) is 20.1 Å². The summed E-state index contributed by atoms with van der Waals surface area (Å²) in [6.45, 7) is 11.8. The van der Waals surface area contributed by atoms with Crippen LogP contribution in [0.5, 0.6) is 0 Å². The van der Waals surface area contributed by atoms with Crippen LogP contribution in [0, 0.1) is 0 Å². The zero-order valence-corrected chi connectivity index (χ0v) is 14.2. The van der Waals surface area contributed by atoms with Gasteiger partial charge in [-0.15, -0.1) is 0 Å². The van der Waals surface area contributed by atoms with Gasteiger partial charge in [-0.3, -0.25) is 0 Å². The highest BCUT2D eigenvalue weighted by Crippen LogP contribution is 2.05. The smallest absolute Gasteiger partial charge is 0.330 e. The lowest BCUT2D eigenvalue weighted by Crippen LogP contribution is -1.92. The third-order valence-electron chi connectivity index (χ3n) is 2.49. The van der Waals surface area contributed by atoms with E-state index in [1.54, 1.807) is 0 Å². The van der Waals surface area contributed by atoms with Gasteiger partial charge >= 0.3 is 11.9 Å². The minimum absolute atomic E-state index is 0.176. The average Bonchev–Trinajstić information content (AvgIpc) is 2.44. The Labute approximate surface area is 134 Å². The summed E-state index contributed by atoms with van der Waals surface area (Å²) in [6.07, 6.45) is 8.93. The van der Waals surface area contributed by atoms with E-state index in [0.717, 1.165) is 6.42 Å². The lowest BCUT2D eigenvalue weighted by atomic mass is 10.1. The first kappa shape index (κ1) is 25.3. The summed E-state index contributed by atoms with van der Waals surface area (Å²) >= 11 is 0. The van der Waals surface area contributed by atoms with E-state index in [9.17, 15) is 9.59 Å². The summed E-state index contributed by atoms with van der Waals surface area (Å²) < 4.78 is 0. The van der Waals surface area contributed by atoms with E-state index in [-0.39, 0.29) is 11.1 Å². The van der Waals surface area contributed by atoms with Gasteiger partial charge in [0.25, 0.3) is 0 Å². The van der Waals surface area contributed by atoms with E-state index < -0.39 is 11.9 Å². The first-order valence-corrected chi connectivity index (χ1v) is 7.59. The van der Waals surface area contributed by atoms with E-state index in [4.69, 9.17) is 15.3 Å². The molecular formula is C17H32O5. The summed E-state index contributed by atoms with van der Waals surface area (Å²) in [4.78, 5) is 19.2. The molecule has 0 aliphatic rings. The Hall–Kier alpha value is -1.62. The van der Waals surface area contributed by atoms with Gasteiger partial charge in [-0.2, -0.15) is 0 Å². The maximum absolute atomic E-state index is 9.60. The second kappa shape index (κ2) is 19.4. The minimum Gasteiger partial charge on any atom is -0.478 e. The molecular weight excluding hydrogens is 284 g/mol. The standard InChI is InChI=1S/C9H20O.2C4H6O2/c1-2-3-4-5-6-7-8-9-10;2*1-3(2)4(5)6/h10H,2-9H2,1H3;2*1H2,2H3,(H,5,6). The van der Waals surface area contributed by atoms with Crippen molar-refractivity contribution in [2.75, 3.05) is 6.61 Å². The van der Waals surface area contributed by atoms with Gasteiger partial charge in [0.2, 0.25) is 0 Å². The molecule has 0 atom stereocenters. The van der Waals surface area contributed by atoms with Crippen LogP contribution in [0.2, 0.25) is 0 Å². The van der Waals surface area contributed by atoms with Crippen LogP contribution in [0.25, 0.3) is 0 Å². The van der Waals surface area contributed by atoms with Crippen LogP contribution in [0.1, 0.15) is 65.7 Å². The number of aliphatic hydroxyl groups excluding tert-OH is 1. The highest BCUT2D eigenvalue weighted by Gasteiger charge is 1.91. The monoisotopic (exact) mass is 316 g/mol. The Morgan fingerprint density at radius 2 is 1.05 bits per heavy atom. The van der Waals surface area contributed by atoms with Gasteiger partial charge in [0, 0.05) is 17.8 Å². The summed E-state index contributed by atoms with van der Waals surface area (Å²) in [5, 5.41) is 24.3. The molecule has 0 bridgehead atoms. The Kier molecular flexibility index (Phi) is 22.3. The number of unbranched alkanes of at least 4 members (excludes halogenated alkanes) is 6. The van der Waals surface area contributed by atoms with Crippen LogP contribution >= 0.6 is 0 Å². The lowest BCUT2D eigenvalue weighted by Gasteiger charge is -1.97. The quantitative estimate of drug-likeness (QED) is 0.441. The average molecular weight is 316 g/mol. The second-order valence-electron chi connectivity index (χ2n) is 5.02. The van der Waals surface area contributed by atoms with E-state index in [1.165, 1.54) is 52.4 Å². The van der Waals surface area contributed by atoms with Crippen LogP contribution in [-0.4, -0.2) is 33.9 Å². The van der Waals surface area contributed by atoms with Crippen molar-refractivity contribution < 1.29 is 24.9 Å². The highest BCUT2D eigenvalue weighted by atomic mass is 16.4. The van der Waals surface area contributed by atoms with Gasteiger partial charge < -0.3 is 15.3 Å².